The number of nitrogens with one attached hydrogen (secondary N) is 1. The number of hydrogen-bond donors (Lipinski definition) is 2. The first-order chi connectivity index (χ1) is 10.9. The molecule has 1 heterocycles. The highest BCUT2D eigenvalue weighted by molar-refractivity contribution is 9.10. The molecule has 122 valence electrons. The molecule has 1 aromatic carbocycles. The molecule has 0 aliphatic carbocycles. The van der Waals surface area contributed by atoms with Gasteiger partial charge in [0.15, 0.2) is 0 Å². The molecule has 7 heteroatoms. The second-order valence-corrected chi connectivity index (χ2v) is 6.40. The minimum atomic E-state index is -0.450. The standard InChI is InChI=1S/C16H17BrClN3O2/c1-10-6-13(8-19-15(10)18)20-16(23)21(2)14(9-22)11-4-3-5-12(17)7-11/h3-8,14,22H,9H2,1-2H3,(H,20,23)/t14-/m1/s1. The van der Waals surface area contributed by atoms with Gasteiger partial charge in [0.1, 0.15) is 5.15 Å². The minimum Gasteiger partial charge on any atom is -0.394 e. The van der Waals surface area contributed by atoms with Crippen molar-refractivity contribution in [3.05, 3.63) is 57.3 Å². The van der Waals surface area contributed by atoms with Gasteiger partial charge in [-0.15, -0.1) is 0 Å². The third-order valence-electron chi connectivity index (χ3n) is 3.46. The summed E-state index contributed by atoms with van der Waals surface area (Å²) in [4.78, 5) is 17.9. The fourth-order valence-electron chi connectivity index (χ4n) is 2.15. The van der Waals surface area contributed by atoms with Gasteiger partial charge in [0.2, 0.25) is 0 Å². The van der Waals surface area contributed by atoms with Crippen molar-refractivity contribution in [3.63, 3.8) is 0 Å². The Balaban J connectivity index is 2.15. The van der Waals surface area contributed by atoms with Gasteiger partial charge in [0.25, 0.3) is 0 Å². The topological polar surface area (TPSA) is 65.5 Å². The van der Waals surface area contributed by atoms with Crippen LogP contribution in [0.25, 0.3) is 0 Å². The number of carbonyl (C=O) groups excluding carboxylic acids is 1. The first-order valence-electron chi connectivity index (χ1n) is 6.94. The Morgan fingerprint density at radius 1 is 1.48 bits per heavy atom. The Bertz CT molecular complexity index is 711. The van der Waals surface area contributed by atoms with Crippen LogP contribution < -0.4 is 5.32 Å². The zero-order valence-corrected chi connectivity index (χ0v) is 15.1. The predicted molar refractivity (Wildman–Crippen MR) is 94.7 cm³/mol. The average Bonchev–Trinajstić information content (AvgIpc) is 2.51. The van der Waals surface area contributed by atoms with Crippen LogP contribution in [-0.4, -0.2) is 34.7 Å². The van der Waals surface area contributed by atoms with Gasteiger partial charge < -0.3 is 15.3 Å². The van der Waals surface area contributed by atoms with Gasteiger partial charge in [-0.05, 0) is 36.2 Å². The van der Waals surface area contributed by atoms with Crippen LogP contribution in [0.4, 0.5) is 10.5 Å². The van der Waals surface area contributed by atoms with Crippen molar-refractivity contribution < 1.29 is 9.90 Å². The molecule has 23 heavy (non-hydrogen) atoms. The minimum absolute atomic E-state index is 0.182. The van der Waals surface area contributed by atoms with E-state index < -0.39 is 6.04 Å². The van der Waals surface area contributed by atoms with Crippen LogP contribution in [0.15, 0.2) is 41.0 Å². The summed E-state index contributed by atoms with van der Waals surface area (Å²) in [5, 5.41) is 12.8. The van der Waals surface area contributed by atoms with Gasteiger partial charge in [0.05, 0.1) is 24.5 Å². The van der Waals surface area contributed by atoms with Gasteiger partial charge in [-0.1, -0.05) is 39.7 Å². The summed E-state index contributed by atoms with van der Waals surface area (Å²) in [5.74, 6) is 0. The first-order valence-corrected chi connectivity index (χ1v) is 8.11. The van der Waals surface area contributed by atoms with E-state index in [1.54, 1.807) is 13.1 Å². The summed E-state index contributed by atoms with van der Waals surface area (Å²) < 4.78 is 0.889. The Kier molecular flexibility index (Phi) is 5.98. The lowest BCUT2D eigenvalue weighted by Gasteiger charge is -2.27. The van der Waals surface area contributed by atoms with Crippen LogP contribution in [0.3, 0.4) is 0 Å². The third-order valence-corrected chi connectivity index (χ3v) is 4.35. The maximum absolute atomic E-state index is 12.4. The summed E-state index contributed by atoms with van der Waals surface area (Å²) in [6.45, 7) is 1.63. The largest absolute Gasteiger partial charge is 0.394 e. The molecular formula is C16H17BrClN3O2. The molecule has 2 aromatic rings. The van der Waals surface area contributed by atoms with E-state index >= 15 is 0 Å². The molecular weight excluding hydrogens is 382 g/mol. The molecule has 0 saturated carbocycles. The van der Waals surface area contributed by atoms with E-state index in [-0.39, 0.29) is 12.6 Å². The zero-order valence-electron chi connectivity index (χ0n) is 12.8. The molecule has 1 atom stereocenters. The summed E-state index contributed by atoms with van der Waals surface area (Å²) in [7, 11) is 1.63. The summed E-state index contributed by atoms with van der Waals surface area (Å²) in [6.07, 6.45) is 1.49. The Labute approximate surface area is 148 Å². The van der Waals surface area contributed by atoms with Crippen LogP contribution in [0.1, 0.15) is 17.2 Å². The Hall–Kier alpha value is -1.63. The molecule has 2 N–H and O–H groups in total. The number of aromatic nitrogens is 1. The number of aliphatic hydroxyl groups excluding tert-OH is 1. The number of anilines is 1. The van der Waals surface area contributed by atoms with Crippen LogP contribution in [0.5, 0.6) is 0 Å². The van der Waals surface area contributed by atoms with Gasteiger partial charge in [0, 0.05) is 11.5 Å². The lowest BCUT2D eigenvalue weighted by atomic mass is 10.1. The highest BCUT2D eigenvalue weighted by Gasteiger charge is 2.21. The number of halogens is 2. The van der Waals surface area contributed by atoms with Gasteiger partial charge in [-0.3, -0.25) is 0 Å². The monoisotopic (exact) mass is 397 g/mol. The molecule has 0 bridgehead atoms. The van der Waals surface area contributed by atoms with Gasteiger partial charge in [-0.25, -0.2) is 9.78 Å². The number of urea groups is 1. The van der Waals surface area contributed by atoms with E-state index in [0.29, 0.717) is 10.8 Å². The molecule has 1 aromatic heterocycles. The van der Waals surface area contributed by atoms with E-state index in [0.717, 1.165) is 15.6 Å². The highest BCUT2D eigenvalue weighted by Crippen LogP contribution is 2.23. The summed E-state index contributed by atoms with van der Waals surface area (Å²) in [6, 6.07) is 8.44. The van der Waals surface area contributed by atoms with Crippen molar-refractivity contribution in [2.24, 2.45) is 0 Å². The number of hydrogen-bond acceptors (Lipinski definition) is 3. The van der Waals surface area contributed by atoms with E-state index in [4.69, 9.17) is 11.6 Å². The predicted octanol–water partition coefficient (Wildman–Crippen LogP) is 4.00. The molecule has 0 aliphatic heterocycles. The molecule has 2 amide bonds. The van der Waals surface area contributed by atoms with Crippen molar-refractivity contribution in [1.29, 1.82) is 0 Å². The van der Waals surface area contributed by atoms with Crippen molar-refractivity contribution in [3.8, 4) is 0 Å². The number of nitrogens with zero attached hydrogens (tertiary/aromatic N) is 2. The lowest BCUT2D eigenvalue weighted by Crippen LogP contribution is -2.36. The van der Waals surface area contributed by atoms with Gasteiger partial charge >= 0.3 is 6.03 Å². The SMILES string of the molecule is Cc1cc(NC(=O)N(C)[C@H](CO)c2cccc(Br)c2)cnc1Cl. The first kappa shape index (κ1) is 17.7. The molecule has 2 rings (SSSR count). The van der Waals surface area contributed by atoms with Crippen LogP contribution >= 0.6 is 27.5 Å². The molecule has 0 saturated heterocycles. The van der Waals surface area contributed by atoms with Crippen molar-refractivity contribution in [2.75, 3.05) is 19.0 Å². The molecule has 0 unspecified atom stereocenters. The highest BCUT2D eigenvalue weighted by atomic mass is 79.9. The number of rotatable bonds is 4. The number of aryl methyl sites for hydroxylation is 1. The van der Waals surface area contributed by atoms with E-state index in [9.17, 15) is 9.90 Å². The number of aliphatic hydroxyl groups is 1. The smallest absolute Gasteiger partial charge is 0.322 e. The second kappa shape index (κ2) is 7.77. The average molecular weight is 399 g/mol. The summed E-state index contributed by atoms with van der Waals surface area (Å²) >= 11 is 9.27. The molecule has 5 nitrogen and oxygen atoms in total. The molecule has 0 radical (unpaired) electrons. The fourth-order valence-corrected chi connectivity index (χ4v) is 2.67. The molecule has 0 aliphatic rings. The lowest BCUT2D eigenvalue weighted by molar-refractivity contribution is 0.159. The zero-order chi connectivity index (χ0) is 17.0. The van der Waals surface area contributed by atoms with E-state index in [2.05, 4.69) is 26.2 Å². The van der Waals surface area contributed by atoms with E-state index in [1.165, 1.54) is 11.1 Å². The van der Waals surface area contributed by atoms with Crippen molar-refractivity contribution in [1.82, 2.24) is 9.88 Å². The van der Waals surface area contributed by atoms with Crippen LogP contribution in [0.2, 0.25) is 5.15 Å². The molecule has 0 fully saturated rings. The summed E-state index contributed by atoms with van der Waals surface area (Å²) in [5.41, 5.74) is 2.16. The van der Waals surface area contributed by atoms with Crippen molar-refractivity contribution in [2.45, 2.75) is 13.0 Å². The Morgan fingerprint density at radius 2 is 2.22 bits per heavy atom. The number of benzene rings is 1. The quantitative estimate of drug-likeness (QED) is 0.765. The maximum Gasteiger partial charge on any atom is 0.322 e. The van der Waals surface area contributed by atoms with E-state index in [1.807, 2.05) is 31.2 Å². The number of likely N-dealkylation sites (N-methyl/N-ethyl adjacent to an activating group) is 1. The fraction of sp³-hybridized carbons (Fsp3) is 0.250. The number of amides is 2. The van der Waals surface area contributed by atoms with Gasteiger partial charge in [-0.2, -0.15) is 0 Å². The van der Waals surface area contributed by atoms with Crippen molar-refractivity contribution >= 4 is 39.2 Å². The number of carbonyl (C=O) groups is 1. The number of pyridine rings is 1. The molecule has 0 spiro atoms. The normalized spacial score (nSPS) is 11.9. The Morgan fingerprint density at radius 3 is 2.83 bits per heavy atom. The second-order valence-electron chi connectivity index (χ2n) is 5.13. The third kappa shape index (κ3) is 4.43. The van der Waals surface area contributed by atoms with Crippen LogP contribution in [-0.2, 0) is 0 Å². The van der Waals surface area contributed by atoms with Crippen LogP contribution in [0, 0.1) is 6.92 Å². The maximum atomic E-state index is 12.4.